The summed E-state index contributed by atoms with van der Waals surface area (Å²) < 4.78 is 0. The molecule has 0 spiro atoms. The molecule has 1 saturated heterocycles. The van der Waals surface area contributed by atoms with Gasteiger partial charge in [-0.15, -0.1) is 0 Å². The molecule has 98 valence electrons. The molecule has 1 N–H and O–H groups in total. The van der Waals surface area contributed by atoms with Crippen LogP contribution in [0.5, 0.6) is 0 Å². The molecule has 0 aliphatic carbocycles. The van der Waals surface area contributed by atoms with Gasteiger partial charge in [-0.3, -0.25) is 4.79 Å². The van der Waals surface area contributed by atoms with Gasteiger partial charge in [-0.2, -0.15) is 0 Å². The lowest BCUT2D eigenvalue weighted by atomic mass is 10.1. The average Bonchev–Trinajstić information content (AvgIpc) is 2.73. The van der Waals surface area contributed by atoms with Crippen molar-refractivity contribution < 1.29 is 4.79 Å². The number of rotatable bonds is 5. The van der Waals surface area contributed by atoms with E-state index in [0.29, 0.717) is 11.9 Å². The Morgan fingerprint density at radius 2 is 2.28 bits per heavy atom. The van der Waals surface area contributed by atoms with E-state index in [9.17, 15) is 4.79 Å². The van der Waals surface area contributed by atoms with Gasteiger partial charge in [0.05, 0.1) is 0 Å². The molecule has 0 saturated carbocycles. The number of nitrogens with one attached hydrogen (secondary N) is 1. The molecule has 0 radical (unpaired) electrons. The van der Waals surface area contributed by atoms with Crippen LogP contribution in [-0.2, 0) is 11.3 Å². The molecule has 0 bridgehead atoms. The highest BCUT2D eigenvalue weighted by Crippen LogP contribution is 2.10. The SMILES string of the molecule is Cc1cccc(CNC(C)CN2CCCC2=O)c1. The molecule has 1 heterocycles. The minimum atomic E-state index is 0.305. The summed E-state index contributed by atoms with van der Waals surface area (Å²) in [5, 5.41) is 3.48. The van der Waals surface area contributed by atoms with Crippen molar-refractivity contribution in [1.29, 1.82) is 0 Å². The quantitative estimate of drug-likeness (QED) is 0.863. The molecule has 1 aromatic carbocycles. The molecular formula is C15H22N2O. The minimum Gasteiger partial charge on any atom is -0.341 e. The second-order valence-electron chi connectivity index (χ2n) is 5.21. The van der Waals surface area contributed by atoms with Gasteiger partial charge in [0.1, 0.15) is 0 Å². The number of carbonyl (C=O) groups is 1. The van der Waals surface area contributed by atoms with E-state index in [-0.39, 0.29) is 0 Å². The van der Waals surface area contributed by atoms with E-state index < -0.39 is 0 Å². The number of hydrogen-bond acceptors (Lipinski definition) is 2. The maximum atomic E-state index is 11.5. The first-order chi connectivity index (χ1) is 8.65. The molecule has 18 heavy (non-hydrogen) atoms. The van der Waals surface area contributed by atoms with Crippen molar-refractivity contribution in [2.75, 3.05) is 13.1 Å². The number of benzene rings is 1. The Morgan fingerprint density at radius 1 is 1.44 bits per heavy atom. The summed E-state index contributed by atoms with van der Waals surface area (Å²) in [4.78, 5) is 13.5. The molecule has 0 aromatic heterocycles. The van der Waals surface area contributed by atoms with Gasteiger partial charge in [0.15, 0.2) is 0 Å². The Labute approximate surface area is 109 Å². The van der Waals surface area contributed by atoms with Gasteiger partial charge in [-0.25, -0.2) is 0 Å². The fourth-order valence-corrected chi connectivity index (χ4v) is 2.41. The van der Waals surface area contributed by atoms with Gasteiger partial charge in [0.2, 0.25) is 5.91 Å². The molecular weight excluding hydrogens is 224 g/mol. The van der Waals surface area contributed by atoms with Crippen molar-refractivity contribution >= 4 is 5.91 Å². The zero-order chi connectivity index (χ0) is 13.0. The minimum absolute atomic E-state index is 0.305. The largest absolute Gasteiger partial charge is 0.341 e. The third kappa shape index (κ3) is 3.57. The van der Waals surface area contributed by atoms with Gasteiger partial charge in [-0.05, 0) is 25.8 Å². The standard InChI is InChI=1S/C15H22N2O/c1-12-5-3-6-14(9-12)10-16-13(2)11-17-8-4-7-15(17)18/h3,5-6,9,13,16H,4,7-8,10-11H2,1-2H3. The van der Waals surface area contributed by atoms with Gasteiger partial charge in [-0.1, -0.05) is 29.8 Å². The zero-order valence-electron chi connectivity index (χ0n) is 11.3. The highest BCUT2D eigenvalue weighted by molar-refractivity contribution is 5.78. The number of nitrogens with zero attached hydrogens (tertiary/aromatic N) is 1. The molecule has 1 aliphatic rings. The number of carbonyl (C=O) groups excluding carboxylic acids is 1. The molecule has 3 nitrogen and oxygen atoms in total. The van der Waals surface area contributed by atoms with Gasteiger partial charge < -0.3 is 10.2 Å². The molecule has 2 rings (SSSR count). The summed E-state index contributed by atoms with van der Waals surface area (Å²) in [6, 6.07) is 8.86. The van der Waals surface area contributed by atoms with E-state index >= 15 is 0 Å². The lowest BCUT2D eigenvalue weighted by Crippen LogP contribution is -2.39. The summed E-state index contributed by atoms with van der Waals surface area (Å²) in [5.74, 6) is 0.305. The van der Waals surface area contributed by atoms with Crippen LogP contribution in [0.3, 0.4) is 0 Å². The Balaban J connectivity index is 1.77. The fraction of sp³-hybridized carbons (Fsp3) is 0.533. The van der Waals surface area contributed by atoms with Crippen molar-refractivity contribution in [3.05, 3.63) is 35.4 Å². The molecule has 1 unspecified atom stereocenters. The van der Waals surface area contributed by atoms with Gasteiger partial charge >= 0.3 is 0 Å². The lowest BCUT2D eigenvalue weighted by Gasteiger charge is -2.21. The van der Waals surface area contributed by atoms with Crippen LogP contribution in [-0.4, -0.2) is 29.9 Å². The number of hydrogen-bond donors (Lipinski definition) is 1. The molecule has 1 fully saturated rings. The van der Waals surface area contributed by atoms with E-state index in [1.807, 2.05) is 4.90 Å². The second-order valence-corrected chi connectivity index (χ2v) is 5.21. The first-order valence-electron chi connectivity index (χ1n) is 6.72. The Bertz CT molecular complexity index is 417. The van der Waals surface area contributed by atoms with Crippen molar-refractivity contribution in [3.8, 4) is 0 Å². The van der Waals surface area contributed by atoms with Crippen LogP contribution in [0.2, 0.25) is 0 Å². The van der Waals surface area contributed by atoms with Crippen LogP contribution >= 0.6 is 0 Å². The van der Waals surface area contributed by atoms with E-state index in [4.69, 9.17) is 0 Å². The van der Waals surface area contributed by atoms with Crippen LogP contribution in [0.25, 0.3) is 0 Å². The molecule has 1 aliphatic heterocycles. The first-order valence-corrected chi connectivity index (χ1v) is 6.72. The summed E-state index contributed by atoms with van der Waals surface area (Å²) in [6.45, 7) is 6.86. The smallest absolute Gasteiger partial charge is 0.222 e. The van der Waals surface area contributed by atoms with Gasteiger partial charge in [0, 0.05) is 32.1 Å². The summed E-state index contributed by atoms with van der Waals surface area (Å²) >= 11 is 0. The summed E-state index contributed by atoms with van der Waals surface area (Å²) in [5.41, 5.74) is 2.59. The maximum Gasteiger partial charge on any atom is 0.222 e. The van der Waals surface area contributed by atoms with E-state index in [1.54, 1.807) is 0 Å². The van der Waals surface area contributed by atoms with Crippen molar-refractivity contribution in [3.63, 3.8) is 0 Å². The normalized spacial score (nSPS) is 17.2. The van der Waals surface area contributed by atoms with Crippen LogP contribution in [0, 0.1) is 6.92 Å². The third-order valence-electron chi connectivity index (χ3n) is 3.40. The van der Waals surface area contributed by atoms with E-state index in [0.717, 1.165) is 32.5 Å². The second kappa shape index (κ2) is 6.01. The fourth-order valence-electron chi connectivity index (χ4n) is 2.41. The number of aryl methyl sites for hydroxylation is 1. The van der Waals surface area contributed by atoms with Crippen molar-refractivity contribution in [2.24, 2.45) is 0 Å². The van der Waals surface area contributed by atoms with Crippen LogP contribution in [0.1, 0.15) is 30.9 Å². The maximum absolute atomic E-state index is 11.5. The van der Waals surface area contributed by atoms with E-state index in [2.05, 4.69) is 43.4 Å². The predicted molar refractivity (Wildman–Crippen MR) is 73.3 cm³/mol. The Hall–Kier alpha value is -1.35. The van der Waals surface area contributed by atoms with Crippen molar-refractivity contribution in [2.45, 2.75) is 39.3 Å². The highest BCUT2D eigenvalue weighted by atomic mass is 16.2. The first kappa shape index (κ1) is 13.1. The monoisotopic (exact) mass is 246 g/mol. The number of likely N-dealkylation sites (tertiary alicyclic amines) is 1. The molecule has 1 amide bonds. The summed E-state index contributed by atoms with van der Waals surface area (Å²) in [7, 11) is 0. The zero-order valence-corrected chi connectivity index (χ0v) is 11.3. The number of amides is 1. The third-order valence-corrected chi connectivity index (χ3v) is 3.40. The van der Waals surface area contributed by atoms with Gasteiger partial charge in [0.25, 0.3) is 0 Å². The predicted octanol–water partition coefficient (Wildman–Crippen LogP) is 2.10. The van der Waals surface area contributed by atoms with Crippen LogP contribution in [0.15, 0.2) is 24.3 Å². The van der Waals surface area contributed by atoms with Crippen LogP contribution in [0.4, 0.5) is 0 Å². The lowest BCUT2D eigenvalue weighted by molar-refractivity contribution is -0.127. The molecule has 1 atom stereocenters. The highest BCUT2D eigenvalue weighted by Gasteiger charge is 2.21. The molecule has 3 heteroatoms. The Morgan fingerprint density at radius 3 is 2.94 bits per heavy atom. The average molecular weight is 246 g/mol. The van der Waals surface area contributed by atoms with Crippen LogP contribution < -0.4 is 5.32 Å². The Kier molecular flexibility index (Phi) is 4.37. The van der Waals surface area contributed by atoms with Crippen molar-refractivity contribution in [1.82, 2.24) is 10.2 Å². The summed E-state index contributed by atoms with van der Waals surface area (Å²) in [6.07, 6.45) is 1.74. The topological polar surface area (TPSA) is 32.3 Å². The van der Waals surface area contributed by atoms with E-state index in [1.165, 1.54) is 11.1 Å². The molecule has 1 aromatic rings.